The zero-order valence-corrected chi connectivity index (χ0v) is 11.1. The topological polar surface area (TPSA) is 0 Å². The van der Waals surface area contributed by atoms with Crippen molar-refractivity contribution in [3.05, 3.63) is 0 Å². The summed E-state index contributed by atoms with van der Waals surface area (Å²) in [5, 5.41) is 0.644. The molecule has 49 valence electrons. The molecule has 0 aliphatic heterocycles. The zero-order chi connectivity index (χ0) is 6.78. The molecule has 0 fully saturated rings. The molecular formula is C6H16HfP. The molecule has 0 aromatic carbocycles. The molecule has 0 saturated heterocycles. The van der Waals surface area contributed by atoms with Gasteiger partial charge in [0.25, 0.3) is 0 Å². The van der Waals surface area contributed by atoms with Gasteiger partial charge in [-0.05, 0) is 0 Å². The fourth-order valence-electron chi connectivity index (χ4n) is 0.750. The monoisotopic (exact) mass is 299 g/mol. The molecule has 8 heavy (non-hydrogen) atoms. The van der Waals surface area contributed by atoms with Crippen molar-refractivity contribution in [2.75, 3.05) is 0 Å². The summed E-state index contributed by atoms with van der Waals surface area (Å²) in [6.45, 7) is 7.05. The summed E-state index contributed by atoms with van der Waals surface area (Å²) in [4.78, 5) is 0. The van der Waals surface area contributed by atoms with Crippen LogP contribution in [0.3, 0.4) is 0 Å². The average Bonchev–Trinajstić information content (AvgIpc) is 1.21. The molecule has 0 aromatic rings. The van der Waals surface area contributed by atoms with E-state index in [0.717, 1.165) is 0 Å². The first-order valence-electron chi connectivity index (χ1n) is 3.00. The Balaban J connectivity index is 3.39. The SMILES string of the molecule is [CH3][Hf]([CH3])[PH]C(C)(C)C. The fraction of sp³-hybridized carbons (Fsp3) is 1.00. The molecule has 0 rings (SSSR count). The van der Waals surface area contributed by atoms with Gasteiger partial charge in [-0.15, -0.1) is 0 Å². The van der Waals surface area contributed by atoms with E-state index in [9.17, 15) is 0 Å². The molecule has 1 unspecified atom stereocenters. The molecule has 0 nitrogen and oxygen atoms in total. The number of hydrogen-bond donors (Lipinski definition) is 0. The van der Waals surface area contributed by atoms with Crippen molar-refractivity contribution in [1.29, 1.82) is 0 Å². The second-order valence-electron chi connectivity index (χ2n) is 3.38. The van der Waals surface area contributed by atoms with Gasteiger partial charge in [-0.3, -0.25) is 0 Å². The van der Waals surface area contributed by atoms with E-state index in [2.05, 4.69) is 30.1 Å². The Morgan fingerprint density at radius 2 is 1.50 bits per heavy atom. The van der Waals surface area contributed by atoms with Gasteiger partial charge in [-0.2, -0.15) is 0 Å². The average molecular weight is 298 g/mol. The van der Waals surface area contributed by atoms with Crippen molar-refractivity contribution in [1.82, 2.24) is 0 Å². The third-order valence-corrected chi connectivity index (χ3v) is 15.3. The van der Waals surface area contributed by atoms with E-state index in [4.69, 9.17) is 0 Å². The summed E-state index contributed by atoms with van der Waals surface area (Å²) in [5.74, 6) is 1.31. The first kappa shape index (κ1) is 9.30. The van der Waals surface area contributed by atoms with E-state index >= 15 is 0 Å². The van der Waals surface area contributed by atoms with Crippen LogP contribution in [0.25, 0.3) is 0 Å². The van der Waals surface area contributed by atoms with E-state index in [1.807, 2.05) is 0 Å². The van der Waals surface area contributed by atoms with Gasteiger partial charge in [0.05, 0.1) is 0 Å². The van der Waals surface area contributed by atoms with Gasteiger partial charge in [0, 0.05) is 0 Å². The van der Waals surface area contributed by atoms with E-state index < -0.39 is 20.9 Å². The summed E-state index contributed by atoms with van der Waals surface area (Å²) in [5.41, 5.74) is 0. The third-order valence-electron chi connectivity index (χ3n) is 0.625. The van der Waals surface area contributed by atoms with Crippen molar-refractivity contribution in [3.63, 3.8) is 0 Å². The Labute approximate surface area is 62.0 Å². The molecule has 0 bridgehead atoms. The molecule has 0 spiro atoms. The first-order valence-corrected chi connectivity index (χ1v) is 16.6. The summed E-state index contributed by atoms with van der Waals surface area (Å²) < 4.78 is 4.99. The van der Waals surface area contributed by atoms with Crippen molar-refractivity contribution in [2.45, 2.75) is 35.3 Å². The van der Waals surface area contributed by atoms with Gasteiger partial charge in [-0.25, -0.2) is 0 Å². The predicted octanol–water partition coefficient (Wildman–Crippen LogP) is 3.09. The number of hydrogen-bond acceptors (Lipinski definition) is 0. The standard InChI is InChI=1S/C4H10P.2CH3.Hf/c1-4(2,3)5;;;/h5H,1-3H3;2*1H3;/q-1;;;+1. The quantitative estimate of drug-likeness (QED) is 0.515. The van der Waals surface area contributed by atoms with Gasteiger partial charge in [0.2, 0.25) is 0 Å². The van der Waals surface area contributed by atoms with Crippen LogP contribution in [-0.2, 0) is 20.9 Å². The number of rotatable bonds is 1. The maximum absolute atomic E-state index is 2.49. The van der Waals surface area contributed by atoms with Crippen molar-refractivity contribution < 1.29 is 20.9 Å². The van der Waals surface area contributed by atoms with Gasteiger partial charge in [0.1, 0.15) is 0 Å². The molecule has 0 aliphatic rings. The van der Waals surface area contributed by atoms with Crippen LogP contribution in [0.5, 0.6) is 0 Å². The van der Waals surface area contributed by atoms with Crippen molar-refractivity contribution >= 4 is 5.93 Å². The van der Waals surface area contributed by atoms with Crippen molar-refractivity contribution in [2.24, 2.45) is 0 Å². The Morgan fingerprint density at radius 1 is 1.12 bits per heavy atom. The van der Waals surface area contributed by atoms with Crippen LogP contribution in [0.15, 0.2) is 0 Å². The fourth-order valence-corrected chi connectivity index (χ4v) is 18.4. The molecule has 0 aliphatic carbocycles. The molecule has 0 aromatic heterocycles. The molecule has 1 atom stereocenters. The van der Waals surface area contributed by atoms with Crippen LogP contribution in [0.2, 0.25) is 9.36 Å². The van der Waals surface area contributed by atoms with Crippen LogP contribution < -0.4 is 0 Å². The van der Waals surface area contributed by atoms with E-state index in [1.54, 1.807) is 0 Å². The maximum atomic E-state index is 2.49. The summed E-state index contributed by atoms with van der Waals surface area (Å²) in [6, 6.07) is 0. The molecule has 0 radical (unpaired) electrons. The van der Waals surface area contributed by atoms with Crippen LogP contribution >= 0.6 is 5.93 Å². The van der Waals surface area contributed by atoms with Gasteiger partial charge in [-0.1, -0.05) is 0 Å². The Morgan fingerprint density at radius 3 is 1.50 bits per heavy atom. The Bertz CT molecular complexity index is 63.4. The van der Waals surface area contributed by atoms with Crippen LogP contribution in [0.4, 0.5) is 0 Å². The third kappa shape index (κ3) is 7.30. The van der Waals surface area contributed by atoms with Gasteiger partial charge in [0.15, 0.2) is 0 Å². The summed E-state index contributed by atoms with van der Waals surface area (Å²) >= 11 is -0.875. The summed E-state index contributed by atoms with van der Waals surface area (Å²) in [6.07, 6.45) is 0. The molecule has 0 amide bonds. The van der Waals surface area contributed by atoms with E-state index in [0.29, 0.717) is 5.16 Å². The van der Waals surface area contributed by atoms with E-state index in [-0.39, 0.29) is 0 Å². The minimum atomic E-state index is -0.875. The molecule has 0 heterocycles. The second kappa shape index (κ2) is 3.46. The molecule has 0 N–H and O–H groups in total. The minimum absolute atomic E-state index is 0.644. The Hall–Kier alpha value is 1.30. The van der Waals surface area contributed by atoms with Crippen LogP contribution in [0, 0.1) is 0 Å². The van der Waals surface area contributed by atoms with Gasteiger partial charge >= 0.3 is 62.1 Å². The first-order chi connectivity index (χ1) is 3.42. The normalized spacial score (nSPS) is 13.1. The van der Waals surface area contributed by atoms with E-state index in [1.165, 1.54) is 5.93 Å². The van der Waals surface area contributed by atoms with Gasteiger partial charge < -0.3 is 0 Å². The van der Waals surface area contributed by atoms with Crippen LogP contribution in [0.1, 0.15) is 20.8 Å². The summed E-state index contributed by atoms with van der Waals surface area (Å²) in [7, 11) is 0. The molecule has 0 saturated carbocycles. The zero-order valence-electron chi connectivity index (χ0n) is 6.50. The van der Waals surface area contributed by atoms with Crippen molar-refractivity contribution in [3.8, 4) is 0 Å². The van der Waals surface area contributed by atoms with Crippen LogP contribution in [-0.4, -0.2) is 5.16 Å². The molecule has 2 heteroatoms. The Kier molecular flexibility index (Phi) is 4.03. The molecular weight excluding hydrogens is 282 g/mol. The second-order valence-corrected chi connectivity index (χ2v) is 23.2. The predicted molar refractivity (Wildman–Crippen MR) is 39.8 cm³/mol.